The lowest BCUT2D eigenvalue weighted by Crippen LogP contribution is -1.94. The molecule has 0 bridgehead atoms. The van der Waals surface area contributed by atoms with Crippen molar-refractivity contribution in [1.29, 1.82) is 0 Å². The highest BCUT2D eigenvalue weighted by Gasteiger charge is 2.12. The average Bonchev–Trinajstić information content (AvgIpc) is 2.78. The lowest BCUT2D eigenvalue weighted by atomic mass is 10.0. The summed E-state index contributed by atoms with van der Waals surface area (Å²) in [6.45, 7) is 4.23. The third kappa shape index (κ3) is 2.36. The van der Waals surface area contributed by atoms with Crippen LogP contribution < -0.4 is 0 Å². The number of aromatic nitrogens is 1. The summed E-state index contributed by atoms with van der Waals surface area (Å²) in [4.78, 5) is 14.3. The number of carboxylic acids is 1. The summed E-state index contributed by atoms with van der Waals surface area (Å²) in [5, 5.41) is 8.71. The predicted molar refractivity (Wildman–Crippen MR) is 63.0 cm³/mol. The third-order valence-corrected chi connectivity index (χ3v) is 2.55. The maximum Gasteiger partial charge on any atom is 0.392 e. The van der Waals surface area contributed by atoms with Gasteiger partial charge < -0.3 is 9.52 Å². The molecule has 0 aliphatic heterocycles. The lowest BCUT2D eigenvalue weighted by molar-refractivity contribution is 0.0654. The van der Waals surface area contributed by atoms with E-state index in [0.717, 1.165) is 5.56 Å². The Bertz CT molecular complexity index is 526. The first-order chi connectivity index (χ1) is 8.08. The number of hydrogen-bond acceptors (Lipinski definition) is 3. The standard InChI is InChI=1S/C13H13NO3/c1-8(2)9-3-5-10(6-4-9)11-7-14-12(17-11)13(15)16/h3-8H,1-2H3,(H,15,16). The van der Waals surface area contributed by atoms with Crippen LogP contribution in [0.3, 0.4) is 0 Å². The van der Waals surface area contributed by atoms with Crippen LogP contribution in [0.5, 0.6) is 0 Å². The second kappa shape index (κ2) is 4.41. The van der Waals surface area contributed by atoms with Crippen LogP contribution in [0.25, 0.3) is 11.3 Å². The van der Waals surface area contributed by atoms with Crippen molar-refractivity contribution < 1.29 is 14.3 Å². The first kappa shape index (κ1) is 11.4. The molecule has 2 aromatic rings. The van der Waals surface area contributed by atoms with E-state index in [4.69, 9.17) is 9.52 Å². The minimum absolute atomic E-state index is 0.284. The SMILES string of the molecule is CC(C)c1ccc(-c2cnc(C(=O)O)o2)cc1. The van der Waals surface area contributed by atoms with Crippen LogP contribution in [0, 0.1) is 0 Å². The van der Waals surface area contributed by atoms with Gasteiger partial charge in [-0.3, -0.25) is 0 Å². The zero-order valence-electron chi connectivity index (χ0n) is 9.68. The van der Waals surface area contributed by atoms with Crippen molar-refractivity contribution in [3.05, 3.63) is 41.9 Å². The molecule has 0 saturated carbocycles. The number of hydrogen-bond donors (Lipinski definition) is 1. The second-order valence-corrected chi connectivity index (χ2v) is 4.11. The zero-order valence-corrected chi connectivity index (χ0v) is 9.68. The van der Waals surface area contributed by atoms with E-state index in [9.17, 15) is 4.79 Å². The van der Waals surface area contributed by atoms with E-state index in [1.807, 2.05) is 24.3 Å². The van der Waals surface area contributed by atoms with E-state index in [1.54, 1.807) is 0 Å². The quantitative estimate of drug-likeness (QED) is 0.881. The highest BCUT2D eigenvalue weighted by Crippen LogP contribution is 2.23. The van der Waals surface area contributed by atoms with E-state index >= 15 is 0 Å². The highest BCUT2D eigenvalue weighted by atomic mass is 16.4. The molecule has 0 aliphatic carbocycles. The maximum absolute atomic E-state index is 10.6. The van der Waals surface area contributed by atoms with E-state index < -0.39 is 5.97 Å². The Labute approximate surface area is 98.9 Å². The molecule has 4 heteroatoms. The van der Waals surface area contributed by atoms with Crippen molar-refractivity contribution in [2.24, 2.45) is 0 Å². The smallest absolute Gasteiger partial charge is 0.392 e. The molecule has 2 rings (SSSR count). The molecule has 4 nitrogen and oxygen atoms in total. The van der Waals surface area contributed by atoms with Crippen LogP contribution in [0.4, 0.5) is 0 Å². The predicted octanol–water partition coefficient (Wildman–Crippen LogP) is 3.16. The van der Waals surface area contributed by atoms with Crippen molar-refractivity contribution >= 4 is 5.97 Å². The Morgan fingerprint density at radius 3 is 2.41 bits per heavy atom. The van der Waals surface area contributed by atoms with Crippen molar-refractivity contribution in [1.82, 2.24) is 4.98 Å². The second-order valence-electron chi connectivity index (χ2n) is 4.11. The number of rotatable bonds is 3. The summed E-state index contributed by atoms with van der Waals surface area (Å²) >= 11 is 0. The van der Waals surface area contributed by atoms with Crippen molar-refractivity contribution in [3.8, 4) is 11.3 Å². The molecule has 88 valence electrons. The van der Waals surface area contributed by atoms with Gasteiger partial charge in [-0.2, -0.15) is 0 Å². The highest BCUT2D eigenvalue weighted by molar-refractivity contribution is 5.82. The zero-order chi connectivity index (χ0) is 12.4. The molecule has 0 spiro atoms. The Morgan fingerprint density at radius 2 is 1.94 bits per heavy atom. The van der Waals surface area contributed by atoms with Gasteiger partial charge in [-0.05, 0) is 11.5 Å². The number of carbonyl (C=O) groups is 1. The Hall–Kier alpha value is -2.10. The molecule has 1 heterocycles. The van der Waals surface area contributed by atoms with Gasteiger partial charge in [-0.25, -0.2) is 9.78 Å². The molecule has 17 heavy (non-hydrogen) atoms. The van der Waals surface area contributed by atoms with Gasteiger partial charge in [0.25, 0.3) is 0 Å². The van der Waals surface area contributed by atoms with E-state index in [1.165, 1.54) is 11.8 Å². The summed E-state index contributed by atoms with van der Waals surface area (Å²) in [6.07, 6.45) is 1.42. The number of oxazole rings is 1. The summed E-state index contributed by atoms with van der Waals surface area (Å²) in [6, 6.07) is 7.81. The fourth-order valence-corrected chi connectivity index (χ4v) is 1.54. The van der Waals surface area contributed by atoms with Gasteiger partial charge in [-0.15, -0.1) is 0 Å². The first-order valence-electron chi connectivity index (χ1n) is 5.37. The molecular formula is C13H13NO3. The molecule has 0 unspecified atom stereocenters. The molecule has 0 saturated heterocycles. The van der Waals surface area contributed by atoms with Gasteiger partial charge in [-0.1, -0.05) is 38.1 Å². The summed E-state index contributed by atoms with van der Waals surface area (Å²) in [5.41, 5.74) is 2.06. The lowest BCUT2D eigenvalue weighted by Gasteiger charge is -2.04. The van der Waals surface area contributed by atoms with Crippen LogP contribution in [0.1, 0.15) is 36.0 Å². The molecular weight excluding hydrogens is 218 g/mol. The van der Waals surface area contributed by atoms with E-state index in [0.29, 0.717) is 11.7 Å². The molecule has 0 atom stereocenters. The van der Waals surface area contributed by atoms with Gasteiger partial charge in [0.05, 0.1) is 6.20 Å². The number of carboxylic acid groups (broad SMARTS) is 1. The van der Waals surface area contributed by atoms with E-state index in [2.05, 4.69) is 18.8 Å². The van der Waals surface area contributed by atoms with Crippen LogP contribution in [0.2, 0.25) is 0 Å². The van der Waals surface area contributed by atoms with Crippen molar-refractivity contribution in [2.45, 2.75) is 19.8 Å². The van der Waals surface area contributed by atoms with Crippen LogP contribution in [-0.2, 0) is 0 Å². The fourth-order valence-electron chi connectivity index (χ4n) is 1.54. The van der Waals surface area contributed by atoms with Gasteiger partial charge in [0.1, 0.15) is 0 Å². The van der Waals surface area contributed by atoms with Crippen LogP contribution in [0.15, 0.2) is 34.9 Å². The molecule has 1 aromatic carbocycles. The van der Waals surface area contributed by atoms with Crippen LogP contribution in [-0.4, -0.2) is 16.1 Å². The van der Waals surface area contributed by atoms with E-state index in [-0.39, 0.29) is 5.89 Å². The first-order valence-corrected chi connectivity index (χ1v) is 5.37. The molecule has 1 aromatic heterocycles. The van der Waals surface area contributed by atoms with Gasteiger partial charge in [0.2, 0.25) is 0 Å². The molecule has 0 radical (unpaired) electrons. The van der Waals surface area contributed by atoms with Crippen LogP contribution >= 0.6 is 0 Å². The summed E-state index contributed by atoms with van der Waals surface area (Å²) in [7, 11) is 0. The minimum Gasteiger partial charge on any atom is -0.474 e. The van der Waals surface area contributed by atoms with Crippen molar-refractivity contribution in [2.75, 3.05) is 0 Å². The minimum atomic E-state index is -1.16. The van der Waals surface area contributed by atoms with Gasteiger partial charge in [0.15, 0.2) is 5.76 Å². The monoisotopic (exact) mass is 231 g/mol. The molecule has 0 fully saturated rings. The number of benzene rings is 1. The van der Waals surface area contributed by atoms with Gasteiger partial charge >= 0.3 is 11.9 Å². The maximum atomic E-state index is 10.6. The summed E-state index contributed by atoms with van der Waals surface area (Å²) in [5.74, 6) is -0.506. The Balaban J connectivity index is 2.30. The largest absolute Gasteiger partial charge is 0.474 e. The molecule has 0 aliphatic rings. The topological polar surface area (TPSA) is 63.3 Å². The number of nitrogens with zero attached hydrogens (tertiary/aromatic N) is 1. The summed E-state index contributed by atoms with van der Waals surface area (Å²) < 4.78 is 5.12. The number of aromatic carboxylic acids is 1. The van der Waals surface area contributed by atoms with Gasteiger partial charge in [0, 0.05) is 5.56 Å². The Morgan fingerprint density at radius 1 is 1.29 bits per heavy atom. The van der Waals surface area contributed by atoms with Crippen molar-refractivity contribution in [3.63, 3.8) is 0 Å². The molecule has 0 amide bonds. The fraction of sp³-hybridized carbons (Fsp3) is 0.231. The normalized spacial score (nSPS) is 10.8. The third-order valence-electron chi connectivity index (χ3n) is 2.55. The Kier molecular flexibility index (Phi) is 2.95. The average molecular weight is 231 g/mol. The molecule has 1 N–H and O–H groups in total.